The van der Waals surface area contributed by atoms with Crippen molar-refractivity contribution in [3.05, 3.63) is 53.9 Å². The van der Waals surface area contributed by atoms with Crippen LogP contribution in [0.4, 0.5) is 5.69 Å². The fraction of sp³-hybridized carbons (Fsp3) is 0.400. The topological polar surface area (TPSA) is 35.4 Å². The van der Waals surface area contributed by atoms with Gasteiger partial charge in [-0.05, 0) is 48.7 Å². The van der Waals surface area contributed by atoms with Crippen molar-refractivity contribution in [3.8, 4) is 5.75 Å². The van der Waals surface area contributed by atoms with Crippen molar-refractivity contribution in [1.82, 2.24) is 4.57 Å². The van der Waals surface area contributed by atoms with Crippen LogP contribution in [0.2, 0.25) is 0 Å². The average molecular weight is 324 g/mol. The first-order valence-corrected chi connectivity index (χ1v) is 8.78. The molecular weight excluding hydrogens is 300 g/mol. The number of aromatic nitrogens is 1. The molecule has 1 N–H and O–H groups in total. The van der Waals surface area contributed by atoms with Gasteiger partial charge in [0.1, 0.15) is 5.75 Å². The van der Waals surface area contributed by atoms with Crippen LogP contribution in [0.3, 0.4) is 0 Å². The van der Waals surface area contributed by atoms with E-state index in [1.807, 2.05) is 0 Å². The lowest BCUT2D eigenvalue weighted by Gasteiger charge is -2.21. The normalized spacial score (nSPS) is 20.9. The number of ether oxygens (including phenoxy) is 2. The third kappa shape index (κ3) is 3.20. The Bertz CT molecular complexity index is 748. The predicted octanol–water partition coefficient (Wildman–Crippen LogP) is 3.92. The van der Waals surface area contributed by atoms with Crippen LogP contribution in [0.25, 0.3) is 5.57 Å². The number of aryl methyl sites for hydroxylation is 1. The molecule has 0 unspecified atom stereocenters. The Kier molecular flexibility index (Phi) is 4.30. The monoisotopic (exact) mass is 324 g/mol. The van der Waals surface area contributed by atoms with E-state index in [1.54, 1.807) is 0 Å². The molecule has 126 valence electrons. The van der Waals surface area contributed by atoms with E-state index < -0.39 is 0 Å². The van der Waals surface area contributed by atoms with Crippen molar-refractivity contribution in [2.45, 2.75) is 32.4 Å². The fourth-order valence-electron chi connectivity index (χ4n) is 3.35. The highest BCUT2D eigenvalue weighted by atomic mass is 16.5. The zero-order valence-corrected chi connectivity index (χ0v) is 14.1. The number of anilines is 1. The van der Waals surface area contributed by atoms with Crippen molar-refractivity contribution >= 4 is 11.3 Å². The zero-order chi connectivity index (χ0) is 16.4. The van der Waals surface area contributed by atoms with Gasteiger partial charge in [0.2, 0.25) is 0 Å². The number of hydrogen-bond acceptors (Lipinski definition) is 3. The fourth-order valence-corrected chi connectivity index (χ4v) is 3.35. The minimum Gasteiger partial charge on any atom is -0.491 e. The highest BCUT2D eigenvalue weighted by Crippen LogP contribution is 2.35. The number of fused-ring (bicyclic) bond motifs is 4. The largest absolute Gasteiger partial charge is 0.491 e. The standard InChI is InChI=1S/C20H24N2O2/c1-15-7-12-23-11-2-9-22-10-6-16(14-22)18-5-8-21-20-4-3-17(24-15)13-19(18)20/h3-6,10,13-15,21H,2,7-9,11-12H2,1H3/t15-/m0/s1. The summed E-state index contributed by atoms with van der Waals surface area (Å²) in [7, 11) is 0. The lowest BCUT2D eigenvalue weighted by molar-refractivity contribution is 0.0944. The first-order valence-electron chi connectivity index (χ1n) is 8.78. The van der Waals surface area contributed by atoms with Crippen LogP contribution in [0.5, 0.6) is 5.75 Å². The van der Waals surface area contributed by atoms with Crippen LogP contribution in [0.15, 0.2) is 42.7 Å². The molecule has 3 heterocycles. The summed E-state index contributed by atoms with van der Waals surface area (Å²) in [4.78, 5) is 0. The van der Waals surface area contributed by atoms with E-state index >= 15 is 0 Å². The molecule has 4 rings (SSSR count). The van der Waals surface area contributed by atoms with E-state index in [-0.39, 0.29) is 6.10 Å². The van der Waals surface area contributed by atoms with Gasteiger partial charge >= 0.3 is 0 Å². The Hall–Kier alpha value is -2.20. The van der Waals surface area contributed by atoms with Gasteiger partial charge in [-0.3, -0.25) is 0 Å². The number of hydrogen-bond donors (Lipinski definition) is 1. The molecule has 0 fully saturated rings. The van der Waals surface area contributed by atoms with Crippen LogP contribution in [0.1, 0.15) is 30.9 Å². The van der Waals surface area contributed by atoms with Crippen molar-refractivity contribution in [1.29, 1.82) is 0 Å². The maximum absolute atomic E-state index is 6.10. The summed E-state index contributed by atoms with van der Waals surface area (Å²) >= 11 is 0. The van der Waals surface area contributed by atoms with Crippen molar-refractivity contribution in [2.24, 2.45) is 0 Å². The van der Waals surface area contributed by atoms with E-state index in [0.29, 0.717) is 0 Å². The second-order valence-corrected chi connectivity index (χ2v) is 6.53. The van der Waals surface area contributed by atoms with Gasteiger partial charge in [-0.2, -0.15) is 0 Å². The van der Waals surface area contributed by atoms with Crippen molar-refractivity contribution in [2.75, 3.05) is 25.1 Å². The number of nitrogens with one attached hydrogen (secondary N) is 1. The summed E-state index contributed by atoms with van der Waals surface area (Å²) in [5, 5.41) is 3.45. The van der Waals surface area contributed by atoms with Crippen LogP contribution in [-0.2, 0) is 11.3 Å². The van der Waals surface area contributed by atoms with Gasteiger partial charge in [-0.1, -0.05) is 6.08 Å². The van der Waals surface area contributed by atoms with Crippen LogP contribution < -0.4 is 10.1 Å². The molecule has 2 aromatic rings. The molecule has 0 aliphatic carbocycles. The Labute approximate surface area is 143 Å². The quantitative estimate of drug-likeness (QED) is 0.798. The summed E-state index contributed by atoms with van der Waals surface area (Å²) in [6.07, 6.45) is 8.74. The van der Waals surface area contributed by atoms with Crippen molar-refractivity contribution < 1.29 is 9.47 Å². The molecule has 4 heteroatoms. The molecule has 0 radical (unpaired) electrons. The molecular formula is C20H24N2O2. The molecule has 0 saturated heterocycles. The minimum atomic E-state index is 0.150. The van der Waals surface area contributed by atoms with Gasteiger partial charge in [0, 0.05) is 49.8 Å². The molecule has 0 amide bonds. The van der Waals surface area contributed by atoms with E-state index in [9.17, 15) is 0 Å². The van der Waals surface area contributed by atoms with Gasteiger partial charge < -0.3 is 19.4 Å². The van der Waals surface area contributed by atoms with Gasteiger partial charge in [-0.15, -0.1) is 0 Å². The third-order valence-electron chi connectivity index (χ3n) is 4.65. The van der Waals surface area contributed by atoms with Gasteiger partial charge in [0.15, 0.2) is 0 Å². The Morgan fingerprint density at radius 3 is 3.12 bits per heavy atom. The first-order chi connectivity index (χ1) is 11.8. The number of benzene rings is 1. The summed E-state index contributed by atoms with van der Waals surface area (Å²) in [6.45, 7) is 5.50. The van der Waals surface area contributed by atoms with E-state index in [1.165, 1.54) is 22.4 Å². The SMILES string of the molecule is C[C@H]1CCOCCCn2ccc(c2)C2=CCNc3ccc(cc32)O1. The Morgan fingerprint density at radius 1 is 1.21 bits per heavy atom. The van der Waals surface area contributed by atoms with Crippen LogP contribution >= 0.6 is 0 Å². The molecule has 2 aliphatic heterocycles. The van der Waals surface area contributed by atoms with Gasteiger partial charge in [-0.25, -0.2) is 0 Å². The maximum Gasteiger partial charge on any atom is 0.120 e. The zero-order valence-electron chi connectivity index (χ0n) is 14.1. The molecule has 24 heavy (non-hydrogen) atoms. The highest BCUT2D eigenvalue weighted by molar-refractivity contribution is 5.88. The molecule has 2 aliphatic rings. The first kappa shape index (κ1) is 15.3. The molecule has 4 nitrogen and oxygen atoms in total. The lowest BCUT2D eigenvalue weighted by Crippen LogP contribution is -2.16. The van der Waals surface area contributed by atoms with Crippen LogP contribution in [0, 0.1) is 0 Å². The molecule has 0 spiro atoms. The number of rotatable bonds is 0. The lowest BCUT2D eigenvalue weighted by atomic mass is 9.95. The predicted molar refractivity (Wildman–Crippen MR) is 96.6 cm³/mol. The number of nitrogens with zero attached hydrogens (tertiary/aromatic N) is 1. The van der Waals surface area contributed by atoms with Gasteiger partial charge in [0.25, 0.3) is 0 Å². The summed E-state index contributed by atoms with van der Waals surface area (Å²) < 4.78 is 14.1. The summed E-state index contributed by atoms with van der Waals surface area (Å²) in [6, 6.07) is 8.52. The Balaban J connectivity index is 1.72. The molecule has 4 bridgehead atoms. The minimum absolute atomic E-state index is 0.150. The summed E-state index contributed by atoms with van der Waals surface area (Å²) in [5.41, 5.74) is 4.94. The molecule has 0 saturated carbocycles. The van der Waals surface area contributed by atoms with Crippen LogP contribution in [-0.4, -0.2) is 30.4 Å². The smallest absolute Gasteiger partial charge is 0.120 e. The molecule has 1 aromatic carbocycles. The maximum atomic E-state index is 6.10. The van der Waals surface area contributed by atoms with Gasteiger partial charge in [0.05, 0.1) is 12.7 Å². The second-order valence-electron chi connectivity index (χ2n) is 6.53. The van der Waals surface area contributed by atoms with E-state index in [0.717, 1.165) is 44.9 Å². The third-order valence-corrected chi connectivity index (χ3v) is 4.65. The average Bonchev–Trinajstić information content (AvgIpc) is 3.05. The molecule has 1 aromatic heterocycles. The second kappa shape index (κ2) is 6.73. The molecule has 1 atom stereocenters. The van der Waals surface area contributed by atoms with Crippen molar-refractivity contribution in [3.63, 3.8) is 0 Å². The summed E-state index contributed by atoms with van der Waals surface area (Å²) in [5.74, 6) is 0.921. The van der Waals surface area contributed by atoms with E-state index in [4.69, 9.17) is 9.47 Å². The highest BCUT2D eigenvalue weighted by Gasteiger charge is 2.17. The Morgan fingerprint density at radius 2 is 2.17 bits per heavy atom. The van der Waals surface area contributed by atoms with E-state index in [2.05, 4.69) is 59.5 Å².